The number of allylic oxidation sites excluding steroid dienone is 1. The van der Waals surface area contributed by atoms with Gasteiger partial charge >= 0.3 is 0 Å². The van der Waals surface area contributed by atoms with Crippen LogP contribution in [0.15, 0.2) is 48.6 Å². The standard InChI is InChI=1S/C21H22/c1-14(2)11-20-10-9-19-13-16(4)12-15(3)7-8-17(5)21(20)18(19)6/h7-13H,1,3,6H2,2,4-5H3/b8-7?,16-12?,19-13?,20-11-,21-17?. The van der Waals surface area contributed by atoms with Gasteiger partial charge in [-0.25, -0.2) is 0 Å². The zero-order chi connectivity index (χ0) is 15.6. The van der Waals surface area contributed by atoms with Crippen molar-refractivity contribution in [1.82, 2.24) is 0 Å². The first-order chi connectivity index (χ1) is 9.88. The first-order valence-corrected chi connectivity index (χ1v) is 7.11. The van der Waals surface area contributed by atoms with Crippen LogP contribution >= 0.6 is 0 Å². The van der Waals surface area contributed by atoms with Crippen LogP contribution < -0.4 is 15.7 Å². The molecule has 0 aromatic heterocycles. The molecule has 0 aliphatic heterocycles. The van der Waals surface area contributed by atoms with E-state index >= 15 is 0 Å². The maximum atomic E-state index is 4.30. The number of hydrogen-bond acceptors (Lipinski definition) is 0. The molecule has 0 aliphatic carbocycles. The maximum Gasteiger partial charge on any atom is -0.00820 e. The molecule has 2 aromatic carbocycles. The highest BCUT2D eigenvalue weighted by atomic mass is 14.0. The average molecular weight is 274 g/mol. The molecule has 0 heteroatoms. The van der Waals surface area contributed by atoms with Gasteiger partial charge in [0, 0.05) is 0 Å². The SMILES string of the molecule is C=C(C)/C=c1/ccc2cc(C)cc(=C)ccc(C)c1c2=C. The summed E-state index contributed by atoms with van der Waals surface area (Å²) in [6.45, 7) is 18.6. The highest BCUT2D eigenvalue weighted by Gasteiger charge is 1.97. The first kappa shape index (κ1) is 15.1. The Morgan fingerprint density at radius 2 is 1.71 bits per heavy atom. The molecule has 0 fully saturated rings. The Morgan fingerprint density at radius 3 is 2.38 bits per heavy atom. The Labute approximate surface area is 126 Å². The van der Waals surface area contributed by atoms with Gasteiger partial charge < -0.3 is 0 Å². The third kappa shape index (κ3) is 3.41. The van der Waals surface area contributed by atoms with Crippen molar-refractivity contribution >= 4 is 30.0 Å². The Bertz CT molecular complexity index is 913. The van der Waals surface area contributed by atoms with Crippen molar-refractivity contribution in [3.8, 4) is 0 Å². The second kappa shape index (κ2) is 5.97. The lowest BCUT2D eigenvalue weighted by Gasteiger charge is -2.02. The molecule has 106 valence electrons. The van der Waals surface area contributed by atoms with Gasteiger partial charge in [0.25, 0.3) is 0 Å². The molecule has 0 spiro atoms. The molecular formula is C21H22. The summed E-state index contributed by atoms with van der Waals surface area (Å²) >= 11 is 0. The molecule has 0 saturated carbocycles. The smallest absolute Gasteiger partial charge is 0.00820 e. The first-order valence-electron chi connectivity index (χ1n) is 7.11. The summed E-state index contributed by atoms with van der Waals surface area (Å²) in [4.78, 5) is 0. The summed E-state index contributed by atoms with van der Waals surface area (Å²) in [5.74, 6) is 0. The van der Waals surface area contributed by atoms with Crippen molar-refractivity contribution in [2.45, 2.75) is 20.8 Å². The zero-order valence-corrected chi connectivity index (χ0v) is 13.2. The van der Waals surface area contributed by atoms with Crippen molar-refractivity contribution < 1.29 is 0 Å². The van der Waals surface area contributed by atoms with E-state index < -0.39 is 0 Å². The number of rotatable bonds is 1. The molecule has 0 N–H and O–H groups in total. The van der Waals surface area contributed by atoms with Crippen molar-refractivity contribution in [2.24, 2.45) is 0 Å². The highest BCUT2D eigenvalue weighted by Crippen LogP contribution is 2.03. The van der Waals surface area contributed by atoms with Crippen LogP contribution in [0, 0.1) is 13.8 Å². The molecule has 0 amide bonds. The molecule has 0 aliphatic rings. The minimum atomic E-state index is 1.00. The predicted molar refractivity (Wildman–Crippen MR) is 95.8 cm³/mol. The Balaban J connectivity index is 3.16. The fraction of sp³-hybridized carbons (Fsp3) is 0.143. The van der Waals surface area contributed by atoms with Gasteiger partial charge in [0.15, 0.2) is 0 Å². The van der Waals surface area contributed by atoms with Crippen LogP contribution in [0.1, 0.15) is 18.1 Å². The normalized spacial score (nSPS) is 11.5. The predicted octanol–water partition coefficient (Wildman–Crippen LogP) is 3.48. The topological polar surface area (TPSA) is 0 Å². The number of aryl methyl sites for hydroxylation is 2. The molecule has 2 bridgehead atoms. The largest absolute Gasteiger partial charge is 0.0961 e. The van der Waals surface area contributed by atoms with Crippen LogP contribution in [0.4, 0.5) is 0 Å². The van der Waals surface area contributed by atoms with E-state index in [1.165, 1.54) is 21.7 Å². The lowest BCUT2D eigenvalue weighted by Crippen LogP contribution is -2.15. The van der Waals surface area contributed by atoms with Crippen molar-refractivity contribution in [3.05, 3.63) is 75.3 Å². The van der Waals surface area contributed by atoms with Crippen LogP contribution in [-0.2, 0) is 0 Å². The van der Waals surface area contributed by atoms with Gasteiger partial charge in [0.05, 0.1) is 0 Å². The Kier molecular flexibility index (Phi) is 4.28. The molecule has 2 rings (SSSR count). The molecule has 0 heterocycles. The Morgan fingerprint density at radius 1 is 1.00 bits per heavy atom. The van der Waals surface area contributed by atoms with Crippen LogP contribution in [0.25, 0.3) is 30.0 Å². The molecule has 0 nitrogen and oxygen atoms in total. The molecule has 0 unspecified atom stereocenters. The van der Waals surface area contributed by atoms with Gasteiger partial charge in [-0.2, -0.15) is 0 Å². The minimum absolute atomic E-state index is 1.00. The third-order valence-electron chi connectivity index (χ3n) is 3.52. The van der Waals surface area contributed by atoms with Gasteiger partial charge in [0.2, 0.25) is 0 Å². The summed E-state index contributed by atoms with van der Waals surface area (Å²) in [6, 6.07) is 12.7. The van der Waals surface area contributed by atoms with Crippen LogP contribution in [0.2, 0.25) is 0 Å². The summed E-state index contributed by atoms with van der Waals surface area (Å²) in [7, 11) is 0. The summed E-state index contributed by atoms with van der Waals surface area (Å²) in [6.07, 6.45) is 2.11. The molecule has 0 radical (unpaired) electrons. The summed E-state index contributed by atoms with van der Waals surface area (Å²) < 4.78 is 0. The van der Waals surface area contributed by atoms with Crippen molar-refractivity contribution in [2.75, 3.05) is 0 Å². The molecule has 0 atom stereocenters. The van der Waals surface area contributed by atoms with E-state index in [0.717, 1.165) is 21.4 Å². The lowest BCUT2D eigenvalue weighted by atomic mass is 10.0. The van der Waals surface area contributed by atoms with Gasteiger partial charge in [-0.05, 0) is 58.3 Å². The fourth-order valence-electron chi connectivity index (χ4n) is 2.61. The van der Waals surface area contributed by atoms with E-state index in [4.69, 9.17) is 0 Å². The van der Waals surface area contributed by atoms with Crippen LogP contribution in [0.3, 0.4) is 0 Å². The van der Waals surface area contributed by atoms with Gasteiger partial charge in [-0.15, -0.1) is 0 Å². The fourth-order valence-corrected chi connectivity index (χ4v) is 2.61. The maximum absolute atomic E-state index is 4.30. The summed E-state index contributed by atoms with van der Waals surface area (Å²) in [5.41, 5.74) is 3.41. The van der Waals surface area contributed by atoms with E-state index in [9.17, 15) is 0 Å². The Hall–Kier alpha value is -2.34. The zero-order valence-electron chi connectivity index (χ0n) is 13.2. The minimum Gasteiger partial charge on any atom is -0.0961 e. The number of benzene rings is 1. The lowest BCUT2D eigenvalue weighted by molar-refractivity contribution is 1.45. The monoisotopic (exact) mass is 274 g/mol. The molecular weight excluding hydrogens is 252 g/mol. The molecule has 2 aromatic rings. The van der Waals surface area contributed by atoms with E-state index in [2.05, 4.69) is 76.1 Å². The number of fused-ring (bicyclic) bond motifs is 2. The van der Waals surface area contributed by atoms with E-state index in [0.29, 0.717) is 0 Å². The van der Waals surface area contributed by atoms with Crippen molar-refractivity contribution in [1.29, 1.82) is 0 Å². The average Bonchev–Trinajstić information content (AvgIpc) is 2.38. The highest BCUT2D eigenvalue weighted by molar-refractivity contribution is 5.75. The molecule has 0 saturated heterocycles. The summed E-state index contributed by atoms with van der Waals surface area (Å²) in [5, 5.41) is 5.57. The van der Waals surface area contributed by atoms with Crippen molar-refractivity contribution in [3.63, 3.8) is 0 Å². The van der Waals surface area contributed by atoms with Gasteiger partial charge in [-0.3, -0.25) is 0 Å². The third-order valence-corrected chi connectivity index (χ3v) is 3.52. The molecule has 21 heavy (non-hydrogen) atoms. The van der Waals surface area contributed by atoms with Gasteiger partial charge in [0.1, 0.15) is 0 Å². The van der Waals surface area contributed by atoms with E-state index in [1.807, 2.05) is 6.92 Å². The van der Waals surface area contributed by atoms with Crippen LogP contribution in [0.5, 0.6) is 0 Å². The van der Waals surface area contributed by atoms with E-state index in [-0.39, 0.29) is 0 Å². The second-order valence-electron chi connectivity index (χ2n) is 5.71. The van der Waals surface area contributed by atoms with Crippen LogP contribution in [-0.4, -0.2) is 0 Å². The number of hydrogen-bond donors (Lipinski definition) is 0. The quantitative estimate of drug-likeness (QED) is 0.747. The van der Waals surface area contributed by atoms with E-state index in [1.54, 1.807) is 0 Å². The van der Waals surface area contributed by atoms with Gasteiger partial charge in [-0.1, -0.05) is 67.8 Å². The second-order valence-corrected chi connectivity index (χ2v) is 5.71.